The highest BCUT2D eigenvalue weighted by Crippen LogP contribution is 2.37. The molecule has 1 N–H and O–H groups in total. The van der Waals surface area contributed by atoms with Crippen molar-refractivity contribution >= 4 is 15.9 Å². The van der Waals surface area contributed by atoms with E-state index in [4.69, 9.17) is 9.47 Å². The van der Waals surface area contributed by atoms with Crippen LogP contribution in [0.3, 0.4) is 0 Å². The fourth-order valence-corrected chi connectivity index (χ4v) is 2.81. The molecule has 0 amide bonds. The van der Waals surface area contributed by atoms with Crippen LogP contribution >= 0.6 is 15.9 Å². The largest absolute Gasteiger partial charge is 0.490 e. The maximum Gasteiger partial charge on any atom is 0.175 e. The Kier molecular flexibility index (Phi) is 9.51. The smallest absolute Gasteiger partial charge is 0.175 e. The van der Waals surface area contributed by atoms with E-state index in [1.807, 2.05) is 14.0 Å². The number of hydrogen-bond donors (Lipinski definition) is 1. The van der Waals surface area contributed by atoms with E-state index < -0.39 is 0 Å². The molecule has 0 aliphatic rings. The van der Waals surface area contributed by atoms with Crippen molar-refractivity contribution in [2.45, 2.75) is 52.5 Å². The third kappa shape index (κ3) is 6.70. The van der Waals surface area contributed by atoms with E-state index in [0.717, 1.165) is 35.5 Å². The molecule has 1 rings (SSSR count). The van der Waals surface area contributed by atoms with E-state index in [1.165, 1.54) is 31.2 Å². The van der Waals surface area contributed by atoms with Crippen LogP contribution in [-0.2, 0) is 6.54 Å². The van der Waals surface area contributed by atoms with Crippen LogP contribution in [-0.4, -0.2) is 20.3 Å². The van der Waals surface area contributed by atoms with Crippen molar-refractivity contribution in [3.8, 4) is 11.5 Å². The van der Waals surface area contributed by atoms with Crippen LogP contribution in [0.5, 0.6) is 11.5 Å². The van der Waals surface area contributed by atoms with Gasteiger partial charge in [0.25, 0.3) is 0 Å². The average molecular weight is 358 g/mol. The maximum atomic E-state index is 5.94. The number of rotatable bonds is 11. The molecule has 0 spiro atoms. The molecule has 1 aromatic rings. The summed E-state index contributed by atoms with van der Waals surface area (Å²) in [6.45, 7) is 6.42. The maximum absolute atomic E-state index is 5.94. The zero-order chi connectivity index (χ0) is 15.5. The molecule has 0 saturated heterocycles. The summed E-state index contributed by atoms with van der Waals surface area (Å²) in [4.78, 5) is 0. The van der Waals surface area contributed by atoms with E-state index >= 15 is 0 Å². The first kappa shape index (κ1) is 18.3. The minimum Gasteiger partial charge on any atom is -0.490 e. The Morgan fingerprint density at radius 1 is 1.05 bits per heavy atom. The summed E-state index contributed by atoms with van der Waals surface area (Å²) in [5.41, 5.74) is 1.18. The lowest BCUT2D eigenvalue weighted by atomic mass is 10.1. The van der Waals surface area contributed by atoms with Crippen LogP contribution in [0.2, 0.25) is 0 Å². The van der Waals surface area contributed by atoms with Gasteiger partial charge >= 0.3 is 0 Å². The molecule has 0 fully saturated rings. The number of nitrogens with one attached hydrogen (secondary N) is 1. The van der Waals surface area contributed by atoms with Crippen LogP contribution in [0.15, 0.2) is 16.6 Å². The molecule has 0 saturated carbocycles. The molecule has 0 aromatic heterocycles. The fourth-order valence-electron chi connectivity index (χ4n) is 2.21. The Morgan fingerprint density at radius 3 is 2.48 bits per heavy atom. The zero-order valence-corrected chi connectivity index (χ0v) is 15.1. The summed E-state index contributed by atoms with van der Waals surface area (Å²) in [6, 6.07) is 4.14. The minimum absolute atomic E-state index is 0.641. The third-order valence-electron chi connectivity index (χ3n) is 3.24. The molecule has 0 atom stereocenters. The lowest BCUT2D eigenvalue weighted by molar-refractivity contribution is 0.268. The SMILES string of the molecule is CCCCCCCOc1c(Br)cc(CNC)cc1OCC. The summed E-state index contributed by atoms with van der Waals surface area (Å²) in [5, 5.41) is 3.15. The molecule has 0 aliphatic carbocycles. The third-order valence-corrected chi connectivity index (χ3v) is 3.83. The van der Waals surface area contributed by atoms with Gasteiger partial charge in [0.1, 0.15) is 0 Å². The number of halogens is 1. The molecule has 21 heavy (non-hydrogen) atoms. The van der Waals surface area contributed by atoms with Gasteiger partial charge in [-0.3, -0.25) is 0 Å². The Bertz CT molecular complexity index is 410. The number of unbranched alkanes of at least 4 members (excludes halogenated alkanes) is 4. The number of hydrogen-bond acceptors (Lipinski definition) is 3. The van der Waals surface area contributed by atoms with E-state index in [-0.39, 0.29) is 0 Å². The molecular weight excluding hydrogens is 330 g/mol. The van der Waals surface area contributed by atoms with Gasteiger partial charge < -0.3 is 14.8 Å². The monoisotopic (exact) mass is 357 g/mol. The van der Waals surface area contributed by atoms with Gasteiger partial charge in [-0.2, -0.15) is 0 Å². The highest BCUT2D eigenvalue weighted by molar-refractivity contribution is 9.10. The molecule has 0 bridgehead atoms. The van der Waals surface area contributed by atoms with Gasteiger partial charge in [-0.05, 0) is 54.0 Å². The van der Waals surface area contributed by atoms with Gasteiger partial charge in [-0.1, -0.05) is 32.6 Å². The first-order valence-corrected chi connectivity index (χ1v) is 8.74. The normalized spacial score (nSPS) is 10.7. The van der Waals surface area contributed by atoms with Gasteiger partial charge in [0.2, 0.25) is 0 Å². The van der Waals surface area contributed by atoms with Crippen molar-refractivity contribution in [1.29, 1.82) is 0 Å². The first-order valence-electron chi connectivity index (χ1n) is 7.95. The minimum atomic E-state index is 0.641. The Morgan fingerprint density at radius 2 is 1.81 bits per heavy atom. The molecular formula is C17H28BrNO2. The van der Waals surface area contributed by atoms with Crippen LogP contribution in [0.4, 0.5) is 0 Å². The molecule has 0 radical (unpaired) electrons. The Hall–Kier alpha value is -0.740. The van der Waals surface area contributed by atoms with Crippen molar-refractivity contribution in [3.63, 3.8) is 0 Å². The molecule has 120 valence electrons. The highest BCUT2D eigenvalue weighted by atomic mass is 79.9. The van der Waals surface area contributed by atoms with Crippen LogP contribution in [0, 0.1) is 0 Å². The predicted octanol–water partition coefficient (Wildman–Crippen LogP) is 4.92. The second-order valence-corrected chi connectivity index (χ2v) is 5.99. The Labute approximate surface area is 137 Å². The van der Waals surface area contributed by atoms with Gasteiger partial charge in [0, 0.05) is 6.54 Å². The van der Waals surface area contributed by atoms with Crippen molar-refractivity contribution in [3.05, 3.63) is 22.2 Å². The van der Waals surface area contributed by atoms with E-state index in [1.54, 1.807) is 0 Å². The van der Waals surface area contributed by atoms with Crippen molar-refractivity contribution in [1.82, 2.24) is 5.32 Å². The number of benzene rings is 1. The molecule has 4 heteroatoms. The highest BCUT2D eigenvalue weighted by Gasteiger charge is 2.12. The molecule has 0 heterocycles. The standard InChI is InChI=1S/C17H28BrNO2/c1-4-6-7-8-9-10-21-17-15(18)11-14(13-19-3)12-16(17)20-5-2/h11-12,19H,4-10,13H2,1-3H3. The first-order chi connectivity index (χ1) is 10.2. The topological polar surface area (TPSA) is 30.5 Å². The summed E-state index contributed by atoms with van der Waals surface area (Å²) in [5.74, 6) is 1.65. The fraction of sp³-hybridized carbons (Fsp3) is 0.647. The molecule has 1 aromatic carbocycles. The summed E-state index contributed by atoms with van der Waals surface area (Å²) in [7, 11) is 1.94. The van der Waals surface area contributed by atoms with E-state index in [2.05, 4.69) is 40.3 Å². The van der Waals surface area contributed by atoms with Gasteiger partial charge in [-0.25, -0.2) is 0 Å². The van der Waals surface area contributed by atoms with Crippen LogP contribution in [0.1, 0.15) is 51.5 Å². The van der Waals surface area contributed by atoms with Gasteiger partial charge in [0.05, 0.1) is 17.7 Å². The lowest BCUT2D eigenvalue weighted by Gasteiger charge is -2.15. The molecule has 0 aliphatic heterocycles. The molecule has 0 unspecified atom stereocenters. The summed E-state index contributed by atoms with van der Waals surface area (Å²) >= 11 is 3.60. The van der Waals surface area contributed by atoms with Crippen LogP contribution < -0.4 is 14.8 Å². The van der Waals surface area contributed by atoms with Gasteiger partial charge in [0.15, 0.2) is 11.5 Å². The van der Waals surface area contributed by atoms with Gasteiger partial charge in [-0.15, -0.1) is 0 Å². The summed E-state index contributed by atoms with van der Waals surface area (Å²) in [6.07, 6.45) is 6.20. The van der Waals surface area contributed by atoms with E-state index in [0.29, 0.717) is 6.61 Å². The zero-order valence-electron chi connectivity index (χ0n) is 13.5. The predicted molar refractivity (Wildman–Crippen MR) is 92.3 cm³/mol. The second-order valence-electron chi connectivity index (χ2n) is 5.13. The van der Waals surface area contributed by atoms with Crippen molar-refractivity contribution in [2.75, 3.05) is 20.3 Å². The van der Waals surface area contributed by atoms with E-state index in [9.17, 15) is 0 Å². The quantitative estimate of drug-likeness (QED) is 0.570. The van der Waals surface area contributed by atoms with Crippen LogP contribution in [0.25, 0.3) is 0 Å². The van der Waals surface area contributed by atoms with Crippen molar-refractivity contribution in [2.24, 2.45) is 0 Å². The van der Waals surface area contributed by atoms with Crippen molar-refractivity contribution < 1.29 is 9.47 Å². The number of ether oxygens (including phenoxy) is 2. The second kappa shape index (κ2) is 10.9. The summed E-state index contributed by atoms with van der Waals surface area (Å²) < 4.78 is 12.6. The molecule has 3 nitrogen and oxygen atoms in total. The lowest BCUT2D eigenvalue weighted by Crippen LogP contribution is -2.07. The average Bonchev–Trinajstić information content (AvgIpc) is 2.45. The Balaban J connectivity index is 2.62.